The molecule has 3 rings (SSSR count). The van der Waals surface area contributed by atoms with Crippen LogP contribution >= 0.6 is 23.2 Å². The molecule has 2 aromatic heterocycles. The first-order valence-corrected chi connectivity index (χ1v) is 6.76. The molecule has 1 N–H and O–H groups in total. The number of carboxylic acids is 1. The van der Waals surface area contributed by atoms with Crippen LogP contribution < -0.4 is 0 Å². The van der Waals surface area contributed by atoms with Gasteiger partial charge in [0, 0.05) is 23.3 Å². The Morgan fingerprint density at radius 2 is 1.71 bits per heavy atom. The number of halogens is 2. The summed E-state index contributed by atoms with van der Waals surface area (Å²) in [5.74, 6) is -1.08. The lowest BCUT2D eigenvalue weighted by Crippen LogP contribution is -2.01. The first-order chi connectivity index (χ1) is 10.1. The van der Waals surface area contributed by atoms with E-state index in [0.717, 1.165) is 5.56 Å². The lowest BCUT2D eigenvalue weighted by Gasteiger charge is -2.09. The quantitative estimate of drug-likeness (QED) is 0.765. The second-order valence-electron chi connectivity index (χ2n) is 4.35. The summed E-state index contributed by atoms with van der Waals surface area (Å²) in [6, 6.07) is 8.15. The lowest BCUT2D eigenvalue weighted by atomic mass is 10.0. The second-order valence-corrected chi connectivity index (χ2v) is 5.16. The summed E-state index contributed by atoms with van der Waals surface area (Å²) in [7, 11) is 0. The molecule has 4 nitrogen and oxygen atoms in total. The van der Waals surface area contributed by atoms with Gasteiger partial charge in [0.15, 0.2) is 0 Å². The fraction of sp³-hybridized carbons (Fsp3) is 0. The molecule has 0 fully saturated rings. The number of nitrogens with zero attached hydrogens (tertiary/aromatic N) is 2. The van der Waals surface area contributed by atoms with Gasteiger partial charge in [0.2, 0.25) is 0 Å². The highest BCUT2D eigenvalue weighted by Crippen LogP contribution is 2.33. The summed E-state index contributed by atoms with van der Waals surface area (Å²) in [6.07, 6.45) is 3.22. The van der Waals surface area contributed by atoms with E-state index in [2.05, 4.69) is 9.97 Å². The maximum absolute atomic E-state index is 11.5. The highest BCUT2D eigenvalue weighted by atomic mass is 35.5. The average Bonchev–Trinajstić information content (AvgIpc) is 2.51. The maximum atomic E-state index is 11.5. The Bertz CT molecular complexity index is 851. The molecule has 104 valence electrons. The fourth-order valence-corrected chi connectivity index (χ4v) is 2.56. The number of carboxylic acid groups (broad SMARTS) is 1. The number of aromatic nitrogens is 2. The first-order valence-electron chi connectivity index (χ1n) is 6.00. The molecule has 1 aromatic carbocycles. The molecule has 21 heavy (non-hydrogen) atoms. The fourth-order valence-electron chi connectivity index (χ4n) is 2.11. The van der Waals surface area contributed by atoms with Crippen molar-refractivity contribution in [3.8, 4) is 11.3 Å². The zero-order valence-electron chi connectivity index (χ0n) is 10.5. The Labute approximate surface area is 130 Å². The Balaban J connectivity index is 2.41. The molecule has 0 aliphatic rings. The minimum absolute atomic E-state index is 0.0688. The van der Waals surface area contributed by atoms with Gasteiger partial charge in [-0.3, -0.25) is 4.98 Å². The molecule has 3 aromatic rings. The molecule has 0 amide bonds. The maximum Gasteiger partial charge on any atom is 0.336 e. The summed E-state index contributed by atoms with van der Waals surface area (Å²) in [5.41, 5.74) is 1.70. The van der Waals surface area contributed by atoms with Crippen molar-refractivity contribution in [3.05, 3.63) is 58.3 Å². The van der Waals surface area contributed by atoms with E-state index < -0.39 is 5.97 Å². The Kier molecular flexibility index (Phi) is 3.49. The summed E-state index contributed by atoms with van der Waals surface area (Å²) < 4.78 is 0. The molecule has 6 heteroatoms. The normalized spacial score (nSPS) is 10.8. The average molecular weight is 319 g/mol. The molecule has 0 spiro atoms. The van der Waals surface area contributed by atoms with Crippen molar-refractivity contribution in [2.45, 2.75) is 0 Å². The molecule has 0 aliphatic heterocycles. The van der Waals surface area contributed by atoms with E-state index in [0.29, 0.717) is 26.6 Å². The monoisotopic (exact) mass is 318 g/mol. The third-order valence-electron chi connectivity index (χ3n) is 3.07. The van der Waals surface area contributed by atoms with Crippen molar-refractivity contribution < 1.29 is 9.90 Å². The van der Waals surface area contributed by atoms with Crippen LogP contribution in [0.4, 0.5) is 0 Å². The number of pyridine rings is 2. The Morgan fingerprint density at radius 3 is 2.38 bits per heavy atom. The van der Waals surface area contributed by atoms with E-state index in [-0.39, 0.29) is 5.56 Å². The SMILES string of the molecule is O=C(O)c1cc(-c2ccncc2)nc2c(Cl)ccc(Cl)c12. The van der Waals surface area contributed by atoms with Crippen molar-refractivity contribution in [1.29, 1.82) is 0 Å². The smallest absolute Gasteiger partial charge is 0.336 e. The summed E-state index contributed by atoms with van der Waals surface area (Å²) in [6.45, 7) is 0. The van der Waals surface area contributed by atoms with Crippen molar-refractivity contribution in [3.63, 3.8) is 0 Å². The molecule has 0 unspecified atom stereocenters. The lowest BCUT2D eigenvalue weighted by molar-refractivity contribution is 0.0699. The van der Waals surface area contributed by atoms with Crippen LogP contribution in [0, 0.1) is 0 Å². The first kappa shape index (κ1) is 13.8. The van der Waals surface area contributed by atoms with Gasteiger partial charge in [-0.2, -0.15) is 0 Å². The van der Waals surface area contributed by atoms with Crippen molar-refractivity contribution in [2.24, 2.45) is 0 Å². The van der Waals surface area contributed by atoms with E-state index in [1.807, 2.05) is 0 Å². The number of rotatable bonds is 2. The molecule has 2 heterocycles. The Morgan fingerprint density at radius 1 is 1.05 bits per heavy atom. The molecule has 0 saturated heterocycles. The number of fused-ring (bicyclic) bond motifs is 1. The number of carbonyl (C=O) groups is 1. The zero-order chi connectivity index (χ0) is 15.0. The third kappa shape index (κ3) is 2.44. The van der Waals surface area contributed by atoms with Crippen LogP contribution in [0.25, 0.3) is 22.2 Å². The number of benzene rings is 1. The van der Waals surface area contributed by atoms with Gasteiger partial charge >= 0.3 is 5.97 Å². The van der Waals surface area contributed by atoms with Gasteiger partial charge in [0.05, 0.1) is 26.8 Å². The van der Waals surface area contributed by atoms with E-state index in [9.17, 15) is 9.90 Å². The number of hydrogen-bond acceptors (Lipinski definition) is 3. The van der Waals surface area contributed by atoms with Crippen LogP contribution in [-0.4, -0.2) is 21.0 Å². The predicted octanol–water partition coefficient (Wildman–Crippen LogP) is 4.30. The van der Waals surface area contributed by atoms with Gasteiger partial charge in [-0.1, -0.05) is 23.2 Å². The van der Waals surface area contributed by atoms with Crippen LogP contribution in [-0.2, 0) is 0 Å². The predicted molar refractivity (Wildman–Crippen MR) is 82.0 cm³/mol. The van der Waals surface area contributed by atoms with Gasteiger partial charge in [-0.05, 0) is 30.3 Å². The van der Waals surface area contributed by atoms with Crippen molar-refractivity contribution in [1.82, 2.24) is 9.97 Å². The van der Waals surface area contributed by atoms with Crippen LogP contribution in [0.3, 0.4) is 0 Å². The Hall–Kier alpha value is -2.17. The van der Waals surface area contributed by atoms with Crippen molar-refractivity contribution in [2.75, 3.05) is 0 Å². The summed E-state index contributed by atoms with van der Waals surface area (Å²) in [4.78, 5) is 19.9. The molecular weight excluding hydrogens is 311 g/mol. The van der Waals surface area contributed by atoms with E-state index in [1.54, 1.807) is 36.7 Å². The van der Waals surface area contributed by atoms with E-state index in [4.69, 9.17) is 23.2 Å². The van der Waals surface area contributed by atoms with Gasteiger partial charge in [0.1, 0.15) is 0 Å². The number of aromatic carboxylic acids is 1. The van der Waals surface area contributed by atoms with Gasteiger partial charge < -0.3 is 5.11 Å². The van der Waals surface area contributed by atoms with Crippen molar-refractivity contribution >= 4 is 40.1 Å². The van der Waals surface area contributed by atoms with E-state index >= 15 is 0 Å². The number of hydrogen-bond donors (Lipinski definition) is 1. The molecule has 0 atom stereocenters. The highest BCUT2D eigenvalue weighted by Gasteiger charge is 2.17. The van der Waals surface area contributed by atoms with Crippen LogP contribution in [0.5, 0.6) is 0 Å². The third-order valence-corrected chi connectivity index (χ3v) is 3.69. The molecular formula is C15H8Cl2N2O2. The minimum Gasteiger partial charge on any atom is -0.478 e. The van der Waals surface area contributed by atoms with Gasteiger partial charge in [-0.15, -0.1) is 0 Å². The van der Waals surface area contributed by atoms with Crippen LogP contribution in [0.2, 0.25) is 10.0 Å². The summed E-state index contributed by atoms with van der Waals surface area (Å²) >= 11 is 12.2. The molecule has 0 radical (unpaired) electrons. The molecule has 0 saturated carbocycles. The van der Waals surface area contributed by atoms with Crippen LogP contribution in [0.1, 0.15) is 10.4 Å². The standard InChI is InChI=1S/C15H8Cl2N2O2/c16-10-1-2-11(17)14-13(10)9(15(20)21)7-12(19-14)8-3-5-18-6-4-8/h1-7H,(H,20,21). The zero-order valence-corrected chi connectivity index (χ0v) is 12.1. The molecule has 0 aliphatic carbocycles. The highest BCUT2D eigenvalue weighted by molar-refractivity contribution is 6.41. The van der Waals surface area contributed by atoms with Gasteiger partial charge in [0.25, 0.3) is 0 Å². The molecule has 0 bridgehead atoms. The second kappa shape index (κ2) is 5.31. The van der Waals surface area contributed by atoms with Crippen LogP contribution in [0.15, 0.2) is 42.7 Å². The largest absolute Gasteiger partial charge is 0.478 e. The van der Waals surface area contributed by atoms with E-state index in [1.165, 1.54) is 6.07 Å². The minimum atomic E-state index is -1.08. The topological polar surface area (TPSA) is 63.1 Å². The summed E-state index contributed by atoms with van der Waals surface area (Å²) in [5, 5.41) is 10.4. The van der Waals surface area contributed by atoms with Gasteiger partial charge in [-0.25, -0.2) is 9.78 Å².